The lowest BCUT2D eigenvalue weighted by Crippen LogP contribution is -2.18. The topological polar surface area (TPSA) is 57.5 Å². The molecular weight excluding hydrogens is 274 g/mol. The molecule has 0 aliphatic rings. The molecule has 0 heterocycles. The number of halogens is 3. The Morgan fingerprint density at radius 1 is 1.47 bits per heavy atom. The lowest BCUT2D eigenvalue weighted by Gasteiger charge is -2.16. The van der Waals surface area contributed by atoms with E-state index >= 15 is 0 Å². The van der Waals surface area contributed by atoms with Gasteiger partial charge >= 0.3 is 5.97 Å². The first-order chi connectivity index (χ1) is 6.83. The Morgan fingerprint density at radius 2 is 2.07 bits per heavy atom. The smallest absolute Gasteiger partial charge is 0.309 e. The first-order valence-corrected chi connectivity index (χ1v) is 4.71. The molecule has 0 bridgehead atoms. The maximum atomic E-state index is 13.3. The van der Waals surface area contributed by atoms with Crippen molar-refractivity contribution in [2.45, 2.75) is 12.3 Å². The van der Waals surface area contributed by atoms with E-state index < -0.39 is 23.9 Å². The minimum atomic E-state index is -3.51. The van der Waals surface area contributed by atoms with Gasteiger partial charge in [-0.15, -0.1) is 0 Å². The molecule has 0 amide bonds. The van der Waals surface area contributed by atoms with Crippen molar-refractivity contribution in [1.82, 2.24) is 0 Å². The van der Waals surface area contributed by atoms with Crippen LogP contribution in [0.3, 0.4) is 0 Å². The van der Waals surface area contributed by atoms with Gasteiger partial charge in [-0.3, -0.25) is 4.79 Å². The number of hydrogen-bond acceptors (Lipinski definition) is 2. The van der Waals surface area contributed by atoms with Gasteiger partial charge in [0.1, 0.15) is 12.2 Å². The highest BCUT2D eigenvalue weighted by Gasteiger charge is 2.36. The summed E-state index contributed by atoms with van der Waals surface area (Å²) in [6.07, 6.45) is -1.31. The van der Waals surface area contributed by atoms with Crippen LogP contribution in [-0.2, 0) is 10.7 Å². The summed E-state index contributed by atoms with van der Waals surface area (Å²) in [4.78, 5) is 10.2. The van der Waals surface area contributed by atoms with E-state index in [1.54, 1.807) is 0 Å². The van der Waals surface area contributed by atoms with Crippen LogP contribution >= 0.6 is 15.9 Å². The second-order valence-electron chi connectivity index (χ2n) is 2.94. The van der Waals surface area contributed by atoms with Gasteiger partial charge < -0.3 is 10.2 Å². The first-order valence-electron chi connectivity index (χ1n) is 3.91. The molecule has 1 rings (SSSR count). The second kappa shape index (κ2) is 4.14. The Bertz CT molecular complexity index is 393. The third kappa shape index (κ3) is 2.89. The molecule has 0 fully saturated rings. The van der Waals surface area contributed by atoms with Gasteiger partial charge in [0, 0.05) is 10.0 Å². The van der Waals surface area contributed by atoms with Crippen molar-refractivity contribution in [1.29, 1.82) is 0 Å². The van der Waals surface area contributed by atoms with Crippen LogP contribution < -0.4 is 0 Å². The molecule has 0 aliphatic heterocycles. The van der Waals surface area contributed by atoms with E-state index in [2.05, 4.69) is 15.9 Å². The number of benzene rings is 1. The fourth-order valence-electron chi connectivity index (χ4n) is 1.08. The number of rotatable bonds is 3. The molecule has 0 saturated carbocycles. The molecule has 0 radical (unpaired) electrons. The third-order valence-electron chi connectivity index (χ3n) is 1.72. The van der Waals surface area contributed by atoms with Crippen molar-refractivity contribution in [2.24, 2.45) is 0 Å². The summed E-state index contributed by atoms with van der Waals surface area (Å²) in [5.41, 5.74) is -0.537. The maximum Gasteiger partial charge on any atom is 0.309 e. The number of alkyl halides is 2. The third-order valence-corrected chi connectivity index (χ3v) is 2.41. The Hall–Kier alpha value is -1.17. The SMILES string of the molecule is O=C(O)CC(F)(F)c1cc(O)ccc1Br. The summed E-state index contributed by atoms with van der Waals surface area (Å²) in [6.45, 7) is 0. The molecule has 2 N–H and O–H groups in total. The van der Waals surface area contributed by atoms with Crippen LogP contribution in [0.2, 0.25) is 0 Å². The van der Waals surface area contributed by atoms with Crippen molar-refractivity contribution >= 4 is 21.9 Å². The Labute approximate surface area is 92.5 Å². The lowest BCUT2D eigenvalue weighted by atomic mass is 10.1. The van der Waals surface area contributed by atoms with E-state index in [-0.39, 0.29) is 10.2 Å². The molecule has 0 atom stereocenters. The number of carboxylic acids is 1. The average molecular weight is 281 g/mol. The van der Waals surface area contributed by atoms with Crippen molar-refractivity contribution in [2.75, 3.05) is 0 Å². The Balaban J connectivity index is 3.13. The zero-order chi connectivity index (χ0) is 11.6. The van der Waals surface area contributed by atoms with Crippen molar-refractivity contribution in [3.05, 3.63) is 28.2 Å². The molecule has 3 nitrogen and oxygen atoms in total. The van der Waals surface area contributed by atoms with Gasteiger partial charge in [-0.1, -0.05) is 15.9 Å². The quantitative estimate of drug-likeness (QED) is 0.895. The highest BCUT2D eigenvalue weighted by molar-refractivity contribution is 9.10. The van der Waals surface area contributed by atoms with Crippen LogP contribution in [0.15, 0.2) is 22.7 Å². The van der Waals surface area contributed by atoms with Gasteiger partial charge in [-0.25, -0.2) is 8.78 Å². The highest BCUT2D eigenvalue weighted by Crippen LogP contribution is 2.38. The summed E-state index contributed by atoms with van der Waals surface area (Å²) >= 11 is 2.87. The minimum absolute atomic E-state index is 0.0616. The Kier molecular flexibility index (Phi) is 3.28. The van der Waals surface area contributed by atoms with Crippen molar-refractivity contribution in [3.63, 3.8) is 0 Å². The number of carboxylic acid groups (broad SMARTS) is 1. The molecule has 1 aromatic rings. The van der Waals surface area contributed by atoms with Gasteiger partial charge in [0.05, 0.1) is 0 Å². The van der Waals surface area contributed by atoms with Crippen LogP contribution in [0.5, 0.6) is 5.75 Å². The van der Waals surface area contributed by atoms with Crippen LogP contribution in [0.25, 0.3) is 0 Å². The fourth-order valence-corrected chi connectivity index (χ4v) is 1.62. The lowest BCUT2D eigenvalue weighted by molar-refractivity contribution is -0.145. The van der Waals surface area contributed by atoms with E-state index in [0.717, 1.165) is 6.07 Å². The van der Waals surface area contributed by atoms with E-state index in [9.17, 15) is 13.6 Å². The van der Waals surface area contributed by atoms with Crippen molar-refractivity contribution in [3.8, 4) is 5.75 Å². The highest BCUT2D eigenvalue weighted by atomic mass is 79.9. The van der Waals surface area contributed by atoms with Crippen LogP contribution in [0, 0.1) is 0 Å². The molecule has 0 spiro atoms. The number of hydrogen-bond donors (Lipinski definition) is 2. The number of aliphatic carboxylic acids is 1. The number of aromatic hydroxyl groups is 1. The van der Waals surface area contributed by atoms with Crippen molar-refractivity contribution < 1.29 is 23.8 Å². The molecular formula is C9H7BrF2O3. The van der Waals surface area contributed by atoms with E-state index in [0.29, 0.717) is 0 Å². The maximum absolute atomic E-state index is 13.3. The minimum Gasteiger partial charge on any atom is -0.508 e. The number of carbonyl (C=O) groups is 1. The van der Waals surface area contributed by atoms with Gasteiger partial charge in [0.2, 0.25) is 0 Å². The summed E-state index contributed by atoms with van der Waals surface area (Å²) in [5, 5.41) is 17.3. The van der Waals surface area contributed by atoms with Crippen LogP contribution in [0.1, 0.15) is 12.0 Å². The predicted molar refractivity (Wildman–Crippen MR) is 52.0 cm³/mol. The van der Waals surface area contributed by atoms with Gasteiger partial charge in [-0.2, -0.15) is 0 Å². The molecule has 0 saturated heterocycles. The van der Waals surface area contributed by atoms with E-state index in [1.807, 2.05) is 0 Å². The fraction of sp³-hybridized carbons (Fsp3) is 0.222. The summed E-state index contributed by atoms with van der Waals surface area (Å²) in [7, 11) is 0. The van der Waals surface area contributed by atoms with Gasteiger partial charge in [0.25, 0.3) is 5.92 Å². The first kappa shape index (κ1) is 11.9. The van der Waals surface area contributed by atoms with Crippen LogP contribution in [-0.4, -0.2) is 16.2 Å². The molecule has 0 unspecified atom stereocenters. The monoisotopic (exact) mass is 280 g/mol. The largest absolute Gasteiger partial charge is 0.508 e. The second-order valence-corrected chi connectivity index (χ2v) is 3.79. The number of phenols is 1. The molecule has 82 valence electrons. The molecule has 0 aliphatic carbocycles. The van der Waals surface area contributed by atoms with E-state index in [1.165, 1.54) is 12.1 Å². The van der Waals surface area contributed by atoms with Gasteiger partial charge in [-0.05, 0) is 18.2 Å². The average Bonchev–Trinajstić information content (AvgIpc) is 2.06. The molecule has 6 heteroatoms. The Morgan fingerprint density at radius 3 is 2.60 bits per heavy atom. The normalized spacial score (nSPS) is 11.4. The van der Waals surface area contributed by atoms with E-state index in [4.69, 9.17) is 10.2 Å². The van der Waals surface area contributed by atoms with Crippen LogP contribution in [0.4, 0.5) is 8.78 Å². The molecule has 1 aromatic carbocycles. The standard InChI is InChI=1S/C9H7BrF2O3/c10-7-2-1-5(13)3-6(7)9(11,12)4-8(14)15/h1-3,13H,4H2,(H,14,15). The zero-order valence-corrected chi connectivity index (χ0v) is 8.96. The molecule has 0 aromatic heterocycles. The summed E-state index contributed by atoms with van der Waals surface area (Å²) in [6, 6.07) is 3.30. The van der Waals surface area contributed by atoms with Gasteiger partial charge in [0.15, 0.2) is 0 Å². The number of phenolic OH excluding ortho intramolecular Hbond substituents is 1. The predicted octanol–water partition coefficient (Wildman–Crippen LogP) is 2.72. The summed E-state index contributed by atoms with van der Waals surface area (Å²) < 4.78 is 26.7. The zero-order valence-electron chi connectivity index (χ0n) is 7.38. The molecule has 15 heavy (non-hydrogen) atoms. The summed E-state index contributed by atoms with van der Waals surface area (Å²) in [5.74, 6) is -5.45.